The molecule has 22 heavy (non-hydrogen) atoms. The Hall–Kier alpha value is -2.34. The minimum atomic E-state index is -0.612. The van der Waals surface area contributed by atoms with Crippen molar-refractivity contribution in [2.45, 2.75) is 20.4 Å². The van der Waals surface area contributed by atoms with E-state index in [1.54, 1.807) is 12.3 Å². The van der Waals surface area contributed by atoms with Crippen LogP contribution in [-0.2, 0) is 11.3 Å². The summed E-state index contributed by atoms with van der Waals surface area (Å²) in [5.74, 6) is 0.871. The summed E-state index contributed by atoms with van der Waals surface area (Å²) in [4.78, 5) is 20.3. The van der Waals surface area contributed by atoms with Gasteiger partial charge in [-0.3, -0.25) is 0 Å². The smallest absolute Gasteiger partial charge is 0.358 e. The first-order valence-electron chi connectivity index (χ1n) is 6.62. The van der Waals surface area contributed by atoms with E-state index in [0.717, 1.165) is 11.3 Å². The first-order valence-corrected chi connectivity index (χ1v) is 7.00. The number of allylic oxidation sites excluding steroid dienone is 2. The van der Waals surface area contributed by atoms with Crippen LogP contribution in [0.4, 0.5) is 5.82 Å². The van der Waals surface area contributed by atoms with Gasteiger partial charge in [0, 0.05) is 0 Å². The van der Waals surface area contributed by atoms with Gasteiger partial charge in [0.2, 0.25) is 0 Å². The summed E-state index contributed by atoms with van der Waals surface area (Å²) in [5.41, 5.74) is 0.847. The summed E-state index contributed by atoms with van der Waals surface area (Å²) in [7, 11) is 1.28. The quantitative estimate of drug-likeness (QED) is 0.849. The van der Waals surface area contributed by atoms with Crippen LogP contribution in [0.5, 0.6) is 0 Å². The van der Waals surface area contributed by atoms with Gasteiger partial charge < -0.3 is 14.5 Å². The van der Waals surface area contributed by atoms with Gasteiger partial charge in [0.05, 0.1) is 19.9 Å². The van der Waals surface area contributed by atoms with Gasteiger partial charge in [0.15, 0.2) is 11.5 Å². The molecule has 0 saturated heterocycles. The van der Waals surface area contributed by atoms with Gasteiger partial charge in [0.1, 0.15) is 16.6 Å². The summed E-state index contributed by atoms with van der Waals surface area (Å²) in [6.07, 6.45) is 3.43. The third-order valence-electron chi connectivity index (χ3n) is 3.03. The highest BCUT2D eigenvalue weighted by atomic mass is 35.5. The molecule has 0 aliphatic heterocycles. The maximum atomic E-state index is 11.8. The third kappa shape index (κ3) is 3.46. The number of ether oxygens (including phenoxy) is 1. The van der Waals surface area contributed by atoms with Crippen LogP contribution in [0, 0.1) is 0 Å². The van der Waals surface area contributed by atoms with Crippen molar-refractivity contribution in [1.29, 1.82) is 0 Å². The predicted molar refractivity (Wildman–Crippen MR) is 83.7 cm³/mol. The van der Waals surface area contributed by atoms with Crippen LogP contribution in [0.15, 0.2) is 28.9 Å². The zero-order valence-corrected chi connectivity index (χ0v) is 13.3. The van der Waals surface area contributed by atoms with Gasteiger partial charge in [-0.25, -0.2) is 14.8 Å². The molecule has 0 amide bonds. The lowest BCUT2D eigenvalue weighted by Gasteiger charge is -2.11. The van der Waals surface area contributed by atoms with E-state index in [4.69, 9.17) is 20.8 Å². The summed E-state index contributed by atoms with van der Waals surface area (Å²) in [5, 5.41) is 3.16. The van der Waals surface area contributed by atoms with Crippen molar-refractivity contribution in [3.63, 3.8) is 0 Å². The van der Waals surface area contributed by atoms with Crippen LogP contribution in [0.25, 0.3) is 5.57 Å². The van der Waals surface area contributed by atoms with Gasteiger partial charge in [0.25, 0.3) is 0 Å². The Morgan fingerprint density at radius 2 is 2.27 bits per heavy atom. The number of rotatable bonds is 5. The molecule has 0 aliphatic rings. The average molecular weight is 322 g/mol. The van der Waals surface area contributed by atoms with Crippen molar-refractivity contribution in [2.75, 3.05) is 12.4 Å². The molecule has 0 bridgehead atoms. The standard InChI is InChI=1S/C15H16ClN3O3/c1-4-9(2)13-18-12(15(20)21-3)11(16)14(19-13)17-8-10-6-5-7-22-10/h4-7H,8H2,1-3H3,(H,17,18,19)/b9-4+. The molecule has 0 atom stereocenters. The minimum Gasteiger partial charge on any atom is -0.467 e. The molecule has 2 heterocycles. The Bertz CT molecular complexity index is 696. The van der Waals surface area contributed by atoms with E-state index in [1.165, 1.54) is 7.11 Å². The number of methoxy groups -OCH3 is 1. The van der Waals surface area contributed by atoms with Crippen molar-refractivity contribution in [2.24, 2.45) is 0 Å². The maximum absolute atomic E-state index is 11.8. The van der Waals surface area contributed by atoms with Gasteiger partial charge >= 0.3 is 5.97 Å². The fourth-order valence-corrected chi connectivity index (χ4v) is 1.91. The molecule has 0 aromatic carbocycles. The number of furan rings is 1. The Labute approximate surface area is 133 Å². The van der Waals surface area contributed by atoms with E-state index in [2.05, 4.69) is 15.3 Å². The molecular weight excluding hydrogens is 306 g/mol. The average Bonchev–Trinajstić information content (AvgIpc) is 3.05. The molecule has 2 aromatic rings. The number of hydrogen-bond donors (Lipinski definition) is 1. The van der Waals surface area contributed by atoms with E-state index < -0.39 is 5.97 Å². The van der Waals surface area contributed by atoms with Crippen molar-refractivity contribution in [3.8, 4) is 0 Å². The zero-order chi connectivity index (χ0) is 16.1. The summed E-state index contributed by atoms with van der Waals surface area (Å²) < 4.78 is 9.95. The molecule has 0 unspecified atom stereocenters. The van der Waals surface area contributed by atoms with E-state index >= 15 is 0 Å². The molecule has 0 aliphatic carbocycles. The summed E-state index contributed by atoms with van der Waals surface area (Å²) in [6, 6.07) is 3.61. The number of hydrogen-bond acceptors (Lipinski definition) is 6. The van der Waals surface area contributed by atoms with Gasteiger partial charge in [-0.05, 0) is 31.6 Å². The van der Waals surface area contributed by atoms with Crippen molar-refractivity contribution in [1.82, 2.24) is 9.97 Å². The second-order valence-electron chi connectivity index (χ2n) is 4.45. The molecular formula is C15H16ClN3O3. The van der Waals surface area contributed by atoms with Gasteiger partial charge in [-0.2, -0.15) is 0 Å². The molecule has 0 saturated carbocycles. The Morgan fingerprint density at radius 3 is 2.86 bits per heavy atom. The number of carbonyl (C=O) groups is 1. The molecule has 116 valence electrons. The van der Waals surface area contributed by atoms with E-state index in [9.17, 15) is 4.79 Å². The lowest BCUT2D eigenvalue weighted by Crippen LogP contribution is -2.12. The van der Waals surface area contributed by atoms with Crippen molar-refractivity contribution >= 4 is 29.0 Å². The second kappa shape index (κ2) is 7.09. The molecule has 1 N–H and O–H groups in total. The Balaban J connectivity index is 2.39. The number of halogens is 1. The second-order valence-corrected chi connectivity index (χ2v) is 4.83. The maximum Gasteiger partial charge on any atom is 0.358 e. The molecule has 2 rings (SSSR count). The highest BCUT2D eigenvalue weighted by Gasteiger charge is 2.20. The minimum absolute atomic E-state index is 0.0253. The monoisotopic (exact) mass is 321 g/mol. The lowest BCUT2D eigenvalue weighted by atomic mass is 10.2. The molecule has 2 aromatic heterocycles. The molecule has 7 heteroatoms. The van der Waals surface area contributed by atoms with Crippen LogP contribution in [0.1, 0.15) is 35.9 Å². The van der Waals surface area contributed by atoms with E-state index in [-0.39, 0.29) is 10.7 Å². The predicted octanol–water partition coefficient (Wildman–Crippen LogP) is 3.54. The van der Waals surface area contributed by atoms with Crippen LogP contribution in [-0.4, -0.2) is 23.0 Å². The Morgan fingerprint density at radius 1 is 1.50 bits per heavy atom. The highest BCUT2D eigenvalue weighted by molar-refractivity contribution is 6.35. The number of carbonyl (C=O) groups excluding carboxylic acids is 1. The fourth-order valence-electron chi connectivity index (χ4n) is 1.69. The third-order valence-corrected chi connectivity index (χ3v) is 3.38. The first kappa shape index (κ1) is 16.0. The fraction of sp³-hybridized carbons (Fsp3) is 0.267. The van der Waals surface area contributed by atoms with Gasteiger partial charge in [-0.1, -0.05) is 17.7 Å². The zero-order valence-electron chi connectivity index (χ0n) is 12.5. The molecule has 0 fully saturated rings. The molecule has 0 spiro atoms. The number of anilines is 1. The molecule has 6 nitrogen and oxygen atoms in total. The molecule has 0 radical (unpaired) electrons. The van der Waals surface area contributed by atoms with E-state index in [0.29, 0.717) is 18.2 Å². The number of aromatic nitrogens is 2. The number of nitrogens with one attached hydrogen (secondary N) is 1. The number of nitrogens with zero attached hydrogens (tertiary/aromatic N) is 2. The van der Waals surface area contributed by atoms with Crippen LogP contribution in [0.2, 0.25) is 5.02 Å². The summed E-state index contributed by atoms with van der Waals surface area (Å²) >= 11 is 6.20. The van der Waals surface area contributed by atoms with Crippen molar-refractivity contribution < 1.29 is 13.9 Å². The Kier molecular flexibility index (Phi) is 5.16. The highest BCUT2D eigenvalue weighted by Crippen LogP contribution is 2.26. The van der Waals surface area contributed by atoms with Gasteiger partial charge in [-0.15, -0.1) is 0 Å². The lowest BCUT2D eigenvalue weighted by molar-refractivity contribution is 0.0594. The SMILES string of the molecule is C/C=C(\C)c1nc(NCc2ccco2)c(Cl)c(C(=O)OC)n1. The van der Waals surface area contributed by atoms with Crippen LogP contribution < -0.4 is 5.32 Å². The van der Waals surface area contributed by atoms with Crippen molar-refractivity contribution in [3.05, 3.63) is 46.8 Å². The van der Waals surface area contributed by atoms with Crippen LogP contribution in [0.3, 0.4) is 0 Å². The largest absolute Gasteiger partial charge is 0.467 e. The van der Waals surface area contributed by atoms with Crippen LogP contribution >= 0.6 is 11.6 Å². The summed E-state index contributed by atoms with van der Waals surface area (Å²) in [6.45, 7) is 4.10. The first-order chi connectivity index (χ1) is 10.6. The number of esters is 1. The normalized spacial score (nSPS) is 11.4. The topological polar surface area (TPSA) is 77.2 Å². The van der Waals surface area contributed by atoms with E-state index in [1.807, 2.05) is 26.0 Å².